The molecule has 0 saturated carbocycles. The van der Waals surface area contributed by atoms with Crippen molar-refractivity contribution in [1.82, 2.24) is 0 Å². The topological polar surface area (TPSA) is 6.48 Å². The maximum Gasteiger partial charge on any atom is 0.0732 e. The lowest BCUT2D eigenvalue weighted by Crippen LogP contribution is -2.26. The van der Waals surface area contributed by atoms with E-state index in [0.29, 0.717) is 0 Å². The van der Waals surface area contributed by atoms with Crippen LogP contribution in [0.4, 0.5) is 34.1 Å². The van der Waals surface area contributed by atoms with Gasteiger partial charge in [-0.1, -0.05) is 158 Å². The molecule has 61 heavy (non-hydrogen) atoms. The van der Waals surface area contributed by atoms with Gasteiger partial charge < -0.3 is 9.80 Å². The standard InChI is InChI=1S/C59H42N2/c1-39-19-9-17-31-55(39)60(41-21-5-3-6-22-41)43-33-35-49-51(37-43)45-25-11-12-28-48(45)57-50-36-34-44(61(42-23-7-4-8-24-42)56-32-18-10-20-40(56)2)38-54(50)59(58(49)57)52-29-15-13-26-46(52)47-27-14-16-30-53(47)59/h3-38H,1-2H3. The Morgan fingerprint density at radius 3 is 1.38 bits per heavy atom. The van der Waals surface area contributed by atoms with Crippen molar-refractivity contribution >= 4 is 55.7 Å². The van der Waals surface area contributed by atoms with Crippen LogP contribution in [0.15, 0.2) is 218 Å². The average molecular weight is 779 g/mol. The summed E-state index contributed by atoms with van der Waals surface area (Å²) >= 11 is 0. The Morgan fingerprint density at radius 2 is 0.787 bits per heavy atom. The molecule has 0 fully saturated rings. The minimum atomic E-state index is -0.569. The summed E-state index contributed by atoms with van der Waals surface area (Å²) < 4.78 is 0. The lowest BCUT2D eigenvalue weighted by atomic mass is 9.69. The number of benzene rings is 10. The minimum absolute atomic E-state index is 0.569. The largest absolute Gasteiger partial charge is 0.310 e. The maximum absolute atomic E-state index is 2.51. The Hall–Kier alpha value is -7.68. The fraction of sp³-hybridized carbons (Fsp3) is 0.0508. The van der Waals surface area contributed by atoms with Crippen molar-refractivity contribution in [2.45, 2.75) is 19.3 Å². The van der Waals surface area contributed by atoms with E-state index < -0.39 is 5.41 Å². The van der Waals surface area contributed by atoms with Crippen molar-refractivity contribution < 1.29 is 0 Å². The molecule has 0 saturated heterocycles. The van der Waals surface area contributed by atoms with Crippen LogP contribution in [0.1, 0.15) is 33.4 Å². The van der Waals surface area contributed by atoms with Crippen molar-refractivity contribution in [2.24, 2.45) is 0 Å². The average Bonchev–Trinajstić information content (AvgIpc) is 3.79. The molecule has 10 aromatic rings. The highest BCUT2D eigenvalue weighted by Crippen LogP contribution is 2.66. The molecule has 2 aliphatic rings. The van der Waals surface area contributed by atoms with Gasteiger partial charge in [0.1, 0.15) is 0 Å². The highest BCUT2D eigenvalue weighted by molar-refractivity contribution is 6.20. The fourth-order valence-electron chi connectivity index (χ4n) is 10.8. The highest BCUT2D eigenvalue weighted by atomic mass is 15.1. The Labute approximate surface area is 357 Å². The van der Waals surface area contributed by atoms with Crippen molar-refractivity contribution in [1.29, 1.82) is 0 Å². The van der Waals surface area contributed by atoms with Crippen molar-refractivity contribution in [3.05, 3.63) is 252 Å². The van der Waals surface area contributed by atoms with Crippen molar-refractivity contribution in [3.8, 4) is 22.3 Å². The van der Waals surface area contributed by atoms with Crippen LogP contribution in [0.5, 0.6) is 0 Å². The molecule has 12 rings (SSSR count). The third-order valence-electron chi connectivity index (χ3n) is 13.3. The predicted molar refractivity (Wildman–Crippen MR) is 257 cm³/mol. The van der Waals surface area contributed by atoms with Crippen LogP contribution >= 0.6 is 0 Å². The molecule has 0 N–H and O–H groups in total. The van der Waals surface area contributed by atoms with Crippen molar-refractivity contribution in [2.75, 3.05) is 9.80 Å². The second-order valence-corrected chi connectivity index (χ2v) is 16.5. The third kappa shape index (κ3) is 5.09. The number of hydrogen-bond donors (Lipinski definition) is 0. The lowest BCUT2D eigenvalue weighted by molar-refractivity contribution is 0.801. The summed E-state index contributed by atoms with van der Waals surface area (Å²) in [5, 5.41) is 5.06. The first-order valence-corrected chi connectivity index (χ1v) is 21.3. The molecule has 0 bridgehead atoms. The Kier molecular flexibility index (Phi) is 7.92. The van der Waals surface area contributed by atoms with Gasteiger partial charge in [0.15, 0.2) is 0 Å². The summed E-state index contributed by atoms with van der Waals surface area (Å²) in [5.41, 5.74) is 19.3. The number of rotatable bonds is 6. The van der Waals surface area contributed by atoms with Crippen LogP contribution in [0, 0.1) is 13.8 Å². The number of fused-ring (bicyclic) bond motifs is 15. The van der Waals surface area contributed by atoms with E-state index in [1.165, 1.54) is 88.6 Å². The van der Waals surface area contributed by atoms with E-state index in [2.05, 4.69) is 242 Å². The van der Waals surface area contributed by atoms with Crippen LogP contribution in [0.2, 0.25) is 0 Å². The number of aryl methyl sites for hydroxylation is 2. The molecule has 288 valence electrons. The summed E-state index contributed by atoms with van der Waals surface area (Å²) in [7, 11) is 0. The first kappa shape index (κ1) is 35.3. The SMILES string of the molecule is Cc1ccccc1N(c1ccccc1)c1ccc2c(c1)C1(c3ccccc3-c3ccccc31)c1c-2c2ccccc2c2cc(N(c3ccccc3)c3ccccc3C)ccc12. The van der Waals surface area contributed by atoms with E-state index in [-0.39, 0.29) is 0 Å². The third-order valence-corrected chi connectivity index (χ3v) is 13.3. The zero-order chi connectivity index (χ0) is 40.7. The van der Waals surface area contributed by atoms with Gasteiger partial charge in [-0.15, -0.1) is 0 Å². The van der Waals surface area contributed by atoms with E-state index in [1.54, 1.807) is 0 Å². The van der Waals surface area contributed by atoms with Crippen LogP contribution in [-0.4, -0.2) is 0 Å². The number of nitrogens with zero attached hydrogens (tertiary/aromatic N) is 2. The Bertz CT molecular complexity index is 3300. The van der Waals surface area contributed by atoms with Gasteiger partial charge in [-0.25, -0.2) is 0 Å². The van der Waals surface area contributed by atoms with Gasteiger partial charge in [-0.3, -0.25) is 0 Å². The lowest BCUT2D eigenvalue weighted by Gasteiger charge is -2.33. The number of para-hydroxylation sites is 4. The van der Waals surface area contributed by atoms with Gasteiger partial charge in [-0.2, -0.15) is 0 Å². The summed E-state index contributed by atoms with van der Waals surface area (Å²) in [5.74, 6) is 0. The summed E-state index contributed by atoms with van der Waals surface area (Å²) in [6, 6.07) is 80.9. The minimum Gasteiger partial charge on any atom is -0.310 e. The van der Waals surface area contributed by atoms with Gasteiger partial charge in [0, 0.05) is 34.1 Å². The molecule has 0 heterocycles. The molecular weight excluding hydrogens is 737 g/mol. The fourth-order valence-corrected chi connectivity index (χ4v) is 10.8. The molecule has 0 aromatic heterocycles. The molecule has 2 heteroatoms. The van der Waals surface area contributed by atoms with Gasteiger partial charge in [0.2, 0.25) is 0 Å². The van der Waals surface area contributed by atoms with E-state index in [9.17, 15) is 0 Å². The van der Waals surface area contributed by atoms with Gasteiger partial charge in [-0.05, 0) is 152 Å². The molecule has 2 aliphatic carbocycles. The normalized spacial score (nSPS) is 12.9. The predicted octanol–water partition coefficient (Wildman–Crippen LogP) is 15.9. The smallest absolute Gasteiger partial charge is 0.0732 e. The molecule has 0 atom stereocenters. The van der Waals surface area contributed by atoms with Gasteiger partial charge >= 0.3 is 0 Å². The zero-order valence-corrected chi connectivity index (χ0v) is 34.2. The van der Waals surface area contributed by atoms with Crippen molar-refractivity contribution in [3.63, 3.8) is 0 Å². The molecule has 0 aliphatic heterocycles. The number of hydrogen-bond acceptors (Lipinski definition) is 2. The molecule has 0 radical (unpaired) electrons. The number of anilines is 6. The monoisotopic (exact) mass is 778 g/mol. The summed E-state index contributed by atoms with van der Waals surface area (Å²) in [6.45, 7) is 4.42. The molecule has 10 aromatic carbocycles. The quantitative estimate of drug-likeness (QED) is 0.155. The zero-order valence-electron chi connectivity index (χ0n) is 34.2. The van der Waals surface area contributed by atoms with Gasteiger partial charge in [0.25, 0.3) is 0 Å². The molecule has 0 unspecified atom stereocenters. The Balaban J connectivity index is 1.20. The first-order chi connectivity index (χ1) is 30.1. The molecule has 0 amide bonds. The van der Waals surface area contributed by atoms with Crippen LogP contribution in [0.3, 0.4) is 0 Å². The van der Waals surface area contributed by atoms with Gasteiger partial charge in [0.05, 0.1) is 5.41 Å². The van der Waals surface area contributed by atoms with E-state index in [4.69, 9.17) is 0 Å². The second kappa shape index (κ2) is 13.7. The highest BCUT2D eigenvalue weighted by Gasteiger charge is 2.53. The van der Waals surface area contributed by atoms with Crippen LogP contribution < -0.4 is 9.80 Å². The summed E-state index contributed by atoms with van der Waals surface area (Å²) in [6.07, 6.45) is 0. The molecule has 2 nitrogen and oxygen atoms in total. The maximum atomic E-state index is 2.51. The van der Waals surface area contributed by atoms with E-state index in [1.807, 2.05) is 0 Å². The second-order valence-electron chi connectivity index (χ2n) is 16.5. The first-order valence-electron chi connectivity index (χ1n) is 21.3. The molecule has 1 spiro atoms. The summed E-state index contributed by atoms with van der Waals surface area (Å²) in [4.78, 5) is 4.85. The van der Waals surface area contributed by atoms with Crippen LogP contribution in [-0.2, 0) is 5.41 Å². The van der Waals surface area contributed by atoms with E-state index in [0.717, 1.165) is 22.7 Å². The molecular formula is C59H42N2. The van der Waals surface area contributed by atoms with E-state index >= 15 is 0 Å². The van der Waals surface area contributed by atoms with Crippen LogP contribution in [0.25, 0.3) is 43.8 Å². The Morgan fingerprint density at radius 1 is 0.311 bits per heavy atom.